The lowest BCUT2D eigenvalue weighted by Gasteiger charge is -2.16. The summed E-state index contributed by atoms with van der Waals surface area (Å²) in [5, 5.41) is 3.88. The molecule has 0 saturated carbocycles. The first kappa shape index (κ1) is 36.1. The van der Waals surface area contributed by atoms with Crippen LogP contribution in [0.2, 0.25) is 0 Å². The Labute approximate surface area is 284 Å². The highest BCUT2D eigenvalue weighted by atomic mass is 16.5. The van der Waals surface area contributed by atoms with Gasteiger partial charge in [0.2, 0.25) is 0 Å². The molecule has 1 aliphatic carbocycles. The highest BCUT2D eigenvalue weighted by molar-refractivity contribution is 6.04. The van der Waals surface area contributed by atoms with Crippen molar-refractivity contribution >= 4 is 11.1 Å². The van der Waals surface area contributed by atoms with E-state index in [2.05, 4.69) is 80.3 Å². The van der Waals surface area contributed by atoms with Crippen LogP contribution in [0.15, 0.2) is 80.9 Å². The van der Waals surface area contributed by atoms with Crippen molar-refractivity contribution in [3.8, 4) is 5.75 Å². The number of hydrogen-bond donors (Lipinski definition) is 1. The van der Waals surface area contributed by atoms with E-state index in [1.807, 2.05) is 42.7 Å². The Bertz CT molecular complexity index is 1860. The molecule has 0 bridgehead atoms. The molecule has 0 aliphatic heterocycles. The molecule has 254 valence electrons. The van der Waals surface area contributed by atoms with E-state index in [9.17, 15) is 9.59 Å². The second-order valence-corrected chi connectivity index (χ2v) is 12.3. The Balaban J connectivity index is 0.000000401. The molecule has 8 nitrogen and oxygen atoms in total. The molecule has 0 saturated heterocycles. The lowest BCUT2D eigenvalue weighted by atomic mass is 9.96. The van der Waals surface area contributed by atoms with Gasteiger partial charge in [0.05, 0.1) is 18.8 Å². The van der Waals surface area contributed by atoms with Crippen LogP contribution in [-0.4, -0.2) is 26.3 Å². The molecule has 2 aromatic heterocycles. The van der Waals surface area contributed by atoms with Crippen LogP contribution in [0.5, 0.6) is 5.75 Å². The summed E-state index contributed by atoms with van der Waals surface area (Å²) in [7, 11) is 0. The van der Waals surface area contributed by atoms with E-state index in [1.54, 1.807) is 0 Å². The fraction of sp³-hybridized carbons (Fsp3) is 0.400. The quantitative estimate of drug-likeness (QED) is 0.146. The predicted octanol–water partition coefficient (Wildman–Crippen LogP) is 8.48. The maximum absolute atomic E-state index is 13.4. The van der Waals surface area contributed by atoms with Gasteiger partial charge in [-0.2, -0.15) is 0 Å². The molecule has 0 spiro atoms. The Morgan fingerprint density at radius 2 is 1.71 bits per heavy atom. The summed E-state index contributed by atoms with van der Waals surface area (Å²) in [5.74, 6) is 1.71. The van der Waals surface area contributed by atoms with Crippen molar-refractivity contribution < 1.29 is 9.26 Å². The second-order valence-electron chi connectivity index (χ2n) is 12.3. The van der Waals surface area contributed by atoms with Gasteiger partial charge in [0.15, 0.2) is 5.82 Å². The first-order valence-corrected chi connectivity index (χ1v) is 17.3. The highest BCUT2D eigenvalue weighted by Crippen LogP contribution is 2.31. The fourth-order valence-corrected chi connectivity index (χ4v) is 5.83. The van der Waals surface area contributed by atoms with Crippen LogP contribution in [0.4, 0.5) is 0 Å². The van der Waals surface area contributed by atoms with Gasteiger partial charge < -0.3 is 4.74 Å². The first-order valence-electron chi connectivity index (χ1n) is 17.3. The zero-order chi connectivity index (χ0) is 34.5. The van der Waals surface area contributed by atoms with Crippen molar-refractivity contribution in [2.75, 3.05) is 6.61 Å². The molecule has 1 aliphatic rings. The van der Waals surface area contributed by atoms with Gasteiger partial charge in [0.1, 0.15) is 11.6 Å². The van der Waals surface area contributed by atoms with Crippen LogP contribution in [0, 0.1) is 20.8 Å². The minimum Gasteiger partial charge on any atom is -0.494 e. The number of H-pyrrole nitrogens is 1. The molecule has 0 amide bonds. The van der Waals surface area contributed by atoms with Crippen LogP contribution in [-0.2, 0) is 19.4 Å². The first-order chi connectivity index (χ1) is 23.2. The van der Waals surface area contributed by atoms with Crippen molar-refractivity contribution in [1.82, 2.24) is 19.7 Å². The standard InChI is InChI=1S/C30H36N4O3.C10H14O/c1-4-6-7-11-15-27-31-26(12-5-2)21(3)29(35)34(27)20-22-16-18-23(19-17-22)24-13-9-8-10-14-25(24)28-32-30(36)37-33-28;1-4-11-10-6-5-8(2)7-9(10)3/h8,10,13-14,16-19H,4-7,9,11-12,15,20H2,1-3H3,(H,32,33,36);5-7H,4H2,1-3H3. The number of ether oxygens (including phenoxy) is 1. The van der Waals surface area contributed by atoms with Crippen LogP contribution >= 0.6 is 0 Å². The molecule has 0 unspecified atom stereocenters. The third-order valence-corrected chi connectivity index (χ3v) is 8.39. The van der Waals surface area contributed by atoms with Gasteiger partial charge in [-0.25, -0.2) is 9.78 Å². The molecule has 2 aromatic carbocycles. The van der Waals surface area contributed by atoms with E-state index in [1.165, 1.54) is 24.0 Å². The maximum atomic E-state index is 13.4. The van der Waals surface area contributed by atoms with Gasteiger partial charge in [-0.3, -0.25) is 18.9 Å². The topological polar surface area (TPSA) is 103 Å². The van der Waals surface area contributed by atoms with Crippen molar-refractivity contribution in [1.29, 1.82) is 0 Å². The molecule has 2 heterocycles. The summed E-state index contributed by atoms with van der Waals surface area (Å²) in [6, 6.07) is 14.4. The molecule has 0 fully saturated rings. The van der Waals surface area contributed by atoms with E-state index in [0.29, 0.717) is 12.4 Å². The summed E-state index contributed by atoms with van der Waals surface area (Å²) in [6.07, 6.45) is 16.0. The van der Waals surface area contributed by atoms with E-state index >= 15 is 0 Å². The van der Waals surface area contributed by atoms with E-state index in [0.717, 1.165) is 90.2 Å². The van der Waals surface area contributed by atoms with E-state index < -0.39 is 5.76 Å². The molecule has 4 aromatic rings. The number of aromatic amines is 1. The zero-order valence-corrected chi connectivity index (χ0v) is 29.4. The fourth-order valence-electron chi connectivity index (χ4n) is 5.83. The van der Waals surface area contributed by atoms with E-state index in [-0.39, 0.29) is 5.56 Å². The van der Waals surface area contributed by atoms with Crippen LogP contribution < -0.4 is 16.1 Å². The number of aryl methyl sites for hydroxylation is 4. The maximum Gasteiger partial charge on any atom is 0.439 e. The minimum absolute atomic E-state index is 0.0609. The normalized spacial score (nSPS) is 12.5. The van der Waals surface area contributed by atoms with Crippen LogP contribution in [0.3, 0.4) is 0 Å². The number of nitrogens with zero attached hydrogens (tertiary/aromatic N) is 3. The van der Waals surface area contributed by atoms with E-state index in [4.69, 9.17) is 14.2 Å². The molecule has 8 heteroatoms. The summed E-state index contributed by atoms with van der Waals surface area (Å²) in [6.45, 7) is 13.6. The van der Waals surface area contributed by atoms with Gasteiger partial charge in [-0.1, -0.05) is 111 Å². The van der Waals surface area contributed by atoms with Gasteiger partial charge >= 0.3 is 5.76 Å². The lowest BCUT2D eigenvalue weighted by Crippen LogP contribution is -2.29. The van der Waals surface area contributed by atoms with Crippen molar-refractivity contribution in [3.05, 3.63) is 133 Å². The Kier molecular flexibility index (Phi) is 13.5. The van der Waals surface area contributed by atoms with Gasteiger partial charge in [0, 0.05) is 17.6 Å². The molecule has 0 radical (unpaired) electrons. The SMILES string of the molecule is CCCCCCc1nc(CCC)c(C)c(=O)n1Cc1ccc(C2=CCC=CC=C2c2noc(=O)[nH]2)cc1.CCOc1ccc(C)cc1C. The average Bonchev–Trinajstić information content (AvgIpc) is 3.36. The molecular weight excluding hydrogens is 600 g/mol. The predicted molar refractivity (Wildman–Crippen MR) is 195 cm³/mol. The minimum atomic E-state index is -0.580. The van der Waals surface area contributed by atoms with Crippen LogP contribution in [0.1, 0.15) is 104 Å². The largest absolute Gasteiger partial charge is 0.494 e. The third-order valence-electron chi connectivity index (χ3n) is 8.39. The number of benzene rings is 2. The molecular formula is C40H50N4O4. The molecule has 48 heavy (non-hydrogen) atoms. The number of nitrogens with one attached hydrogen (secondary N) is 1. The van der Waals surface area contributed by atoms with Crippen molar-refractivity contribution in [3.63, 3.8) is 0 Å². The molecule has 0 atom stereocenters. The number of rotatable bonds is 13. The Hall–Kier alpha value is -4.72. The number of aromatic nitrogens is 4. The molecule has 1 N–H and O–H groups in total. The van der Waals surface area contributed by atoms with Gasteiger partial charge in [0.25, 0.3) is 5.56 Å². The van der Waals surface area contributed by atoms with Crippen molar-refractivity contribution in [2.45, 2.75) is 99.5 Å². The average molecular weight is 651 g/mol. The zero-order valence-electron chi connectivity index (χ0n) is 29.4. The third kappa shape index (κ3) is 9.66. The lowest BCUT2D eigenvalue weighted by molar-refractivity contribution is 0.338. The van der Waals surface area contributed by atoms with Crippen LogP contribution in [0.25, 0.3) is 11.1 Å². The number of unbranched alkanes of at least 4 members (excludes halogenated alkanes) is 3. The molecule has 5 rings (SSSR count). The monoisotopic (exact) mass is 650 g/mol. The summed E-state index contributed by atoms with van der Waals surface area (Å²) in [5.41, 5.74) is 8.05. The Morgan fingerprint density at radius 3 is 2.38 bits per heavy atom. The summed E-state index contributed by atoms with van der Waals surface area (Å²) in [4.78, 5) is 32.5. The second kappa shape index (κ2) is 18.0. The summed E-state index contributed by atoms with van der Waals surface area (Å²) >= 11 is 0. The number of allylic oxidation sites excluding steroid dienone is 6. The highest BCUT2D eigenvalue weighted by Gasteiger charge is 2.17. The Morgan fingerprint density at radius 1 is 0.917 bits per heavy atom. The van der Waals surface area contributed by atoms with Gasteiger partial charge in [-0.15, -0.1) is 0 Å². The van der Waals surface area contributed by atoms with Crippen molar-refractivity contribution in [2.24, 2.45) is 0 Å². The summed E-state index contributed by atoms with van der Waals surface area (Å²) < 4.78 is 12.0. The smallest absolute Gasteiger partial charge is 0.439 e. The van der Waals surface area contributed by atoms with Gasteiger partial charge in [-0.05, 0) is 75.3 Å². The number of hydrogen-bond acceptors (Lipinski definition) is 6.